The Balaban J connectivity index is 0.845. The fourth-order valence-corrected chi connectivity index (χ4v) is 10.3. The zero-order valence-electron chi connectivity index (χ0n) is 32.6. The third-order valence-corrected chi connectivity index (χ3v) is 13.4. The number of rotatable bonds is 13. The van der Waals surface area contributed by atoms with Crippen LogP contribution in [0.5, 0.6) is 0 Å². The van der Waals surface area contributed by atoms with Crippen LogP contribution >= 0.6 is 0 Å². The first-order valence-electron chi connectivity index (χ1n) is 19.9. The van der Waals surface area contributed by atoms with Crippen molar-refractivity contribution in [2.24, 2.45) is 34.3 Å². The van der Waals surface area contributed by atoms with Crippen LogP contribution in [0.15, 0.2) is 84.7 Å². The number of carbonyl (C=O) groups is 5. The molecule has 13 heteroatoms. The summed E-state index contributed by atoms with van der Waals surface area (Å²) in [6.07, 6.45) is 4.57. The number of pyridine rings is 1. The number of allylic oxidation sites excluding steroid dienone is 4. The van der Waals surface area contributed by atoms with E-state index >= 15 is 8.78 Å². The molecule has 3 saturated carbocycles. The molecule has 1 aromatic heterocycles. The number of aliphatic hydroxyl groups is 1. The first-order valence-corrected chi connectivity index (χ1v) is 19.9. The van der Waals surface area contributed by atoms with E-state index in [1.54, 1.807) is 12.4 Å². The highest BCUT2D eigenvalue weighted by Crippen LogP contribution is 2.69. The van der Waals surface area contributed by atoms with Gasteiger partial charge < -0.3 is 25.6 Å². The van der Waals surface area contributed by atoms with Crippen LogP contribution in [0.25, 0.3) is 10.8 Å². The Bertz CT molecular complexity index is 2180. The number of hydrogen-bond donors (Lipinski definition) is 3. The predicted molar refractivity (Wildman–Crippen MR) is 211 cm³/mol. The largest absolute Gasteiger partial charge is 0.465 e. The summed E-state index contributed by atoms with van der Waals surface area (Å²) in [5.41, 5.74) is 3.71. The van der Waals surface area contributed by atoms with Gasteiger partial charge in [-0.2, -0.15) is 0 Å². The Morgan fingerprint density at radius 1 is 1.00 bits per heavy atom. The highest BCUT2D eigenvalue weighted by atomic mass is 19.1. The van der Waals surface area contributed by atoms with Crippen molar-refractivity contribution in [1.29, 1.82) is 0 Å². The monoisotopic (exact) mass is 797 g/mol. The van der Waals surface area contributed by atoms with Gasteiger partial charge in [-0.3, -0.25) is 29.0 Å². The predicted octanol–water partition coefficient (Wildman–Crippen LogP) is 5.83. The van der Waals surface area contributed by atoms with Gasteiger partial charge in [-0.15, -0.1) is 0 Å². The molecule has 9 atom stereocenters. The summed E-state index contributed by atoms with van der Waals surface area (Å²) >= 11 is 0. The number of halogens is 2. The number of aromatic nitrogens is 1. The molecule has 306 valence electrons. The minimum absolute atomic E-state index is 0.0385. The molecule has 3 aromatic rings. The van der Waals surface area contributed by atoms with Gasteiger partial charge in [-0.25, -0.2) is 8.78 Å². The number of ether oxygens (including phenoxy) is 2. The molecule has 0 bridgehead atoms. The number of benzene rings is 2. The SMILES string of the molecule is C[C@]12C[C@H](O)[C@@]3(F)[C@@H](C[C@H](F)C4=CC(=O)C=C[C@@]43C)C1CC[C@@H]2C(=O)COC(=O)CCC(=O)OCCc1ccc(C(CN)C(=O)Nc2ccc3cnccc3c2)cc1. The number of alkyl halides is 2. The third kappa shape index (κ3) is 7.50. The van der Waals surface area contributed by atoms with Crippen molar-refractivity contribution in [2.45, 2.75) is 82.7 Å². The second kappa shape index (κ2) is 16.2. The van der Waals surface area contributed by atoms with Crippen molar-refractivity contribution in [3.8, 4) is 0 Å². The smallest absolute Gasteiger partial charge is 0.306 e. The number of carbonyl (C=O) groups excluding carboxylic acids is 5. The van der Waals surface area contributed by atoms with E-state index < -0.39 is 76.8 Å². The first-order chi connectivity index (χ1) is 27.7. The van der Waals surface area contributed by atoms with E-state index in [2.05, 4.69) is 10.3 Å². The number of nitrogens with zero attached hydrogens (tertiary/aromatic N) is 1. The van der Waals surface area contributed by atoms with Crippen molar-refractivity contribution in [3.05, 3.63) is 95.9 Å². The fraction of sp³-hybridized carbons (Fsp3) is 0.467. The molecule has 4 aliphatic rings. The molecule has 0 spiro atoms. The minimum atomic E-state index is -2.22. The zero-order valence-corrected chi connectivity index (χ0v) is 32.6. The molecule has 7 rings (SSSR count). The number of esters is 2. The van der Waals surface area contributed by atoms with Crippen molar-refractivity contribution < 1.29 is 47.3 Å². The number of ketones is 2. The normalized spacial score (nSPS) is 30.3. The lowest BCUT2D eigenvalue weighted by molar-refractivity contribution is -0.202. The van der Waals surface area contributed by atoms with Crippen LogP contribution in [0.2, 0.25) is 0 Å². The molecular weight excluding hydrogens is 749 g/mol. The maximum Gasteiger partial charge on any atom is 0.306 e. The zero-order chi connectivity index (χ0) is 41.4. The van der Waals surface area contributed by atoms with Crippen LogP contribution < -0.4 is 11.1 Å². The van der Waals surface area contributed by atoms with Crippen molar-refractivity contribution >= 4 is 45.9 Å². The number of hydrogen-bond acceptors (Lipinski definition) is 10. The summed E-state index contributed by atoms with van der Waals surface area (Å²) in [6, 6.07) is 14.7. The van der Waals surface area contributed by atoms with Gasteiger partial charge in [0.1, 0.15) is 12.8 Å². The Kier molecular flexibility index (Phi) is 11.5. The Morgan fingerprint density at radius 3 is 2.48 bits per heavy atom. The lowest BCUT2D eigenvalue weighted by atomic mass is 9.45. The summed E-state index contributed by atoms with van der Waals surface area (Å²) < 4.78 is 43.5. The molecule has 58 heavy (non-hydrogen) atoms. The standard InChI is InChI=1S/C45H49F2N3O8/c1-43-22-39(53)45(47)35(21-37(46)36-20-31(51)13-16-44(36,45)2)33(43)9-10-34(43)38(52)25-58-41(55)12-11-40(54)57-18-15-26-3-5-27(6-4-26)32(23-48)42(56)50-30-8-7-29-24-49-17-14-28(29)19-30/h3-8,13-14,16-17,19-20,24,32-35,37,39,53H,9-12,15,18,21-23,25,48H2,1-2H3,(H,50,56)/t32?,33?,34-,35+,37+,39+,43+,44+,45+/m1/s1. The number of fused-ring (bicyclic) bond motifs is 6. The van der Waals surface area contributed by atoms with E-state index in [1.807, 2.05) is 55.5 Å². The van der Waals surface area contributed by atoms with Crippen LogP contribution in [0.3, 0.4) is 0 Å². The van der Waals surface area contributed by atoms with E-state index in [4.69, 9.17) is 15.2 Å². The Labute approximate surface area is 335 Å². The van der Waals surface area contributed by atoms with Gasteiger partial charge in [0, 0.05) is 53.7 Å². The van der Waals surface area contributed by atoms with Gasteiger partial charge in [0.05, 0.1) is 31.5 Å². The number of amides is 1. The summed E-state index contributed by atoms with van der Waals surface area (Å²) in [5.74, 6) is -4.88. The average molecular weight is 798 g/mol. The van der Waals surface area contributed by atoms with Gasteiger partial charge in [0.2, 0.25) is 5.91 Å². The molecule has 4 N–H and O–H groups in total. The van der Waals surface area contributed by atoms with E-state index in [0.717, 1.165) is 28.0 Å². The minimum Gasteiger partial charge on any atom is -0.465 e. The van der Waals surface area contributed by atoms with Crippen molar-refractivity contribution in [2.75, 3.05) is 25.1 Å². The van der Waals surface area contributed by atoms with E-state index in [-0.39, 0.29) is 56.1 Å². The Hall–Kier alpha value is -5.14. The second-order valence-corrected chi connectivity index (χ2v) is 16.6. The third-order valence-electron chi connectivity index (χ3n) is 13.4. The van der Waals surface area contributed by atoms with Crippen LogP contribution in [0, 0.1) is 28.6 Å². The van der Waals surface area contributed by atoms with E-state index in [1.165, 1.54) is 19.1 Å². The molecule has 0 saturated heterocycles. The molecule has 3 fully saturated rings. The maximum atomic E-state index is 17.3. The quantitative estimate of drug-likeness (QED) is 0.179. The molecule has 2 aromatic carbocycles. The molecule has 0 aliphatic heterocycles. The molecule has 4 aliphatic carbocycles. The summed E-state index contributed by atoms with van der Waals surface area (Å²) in [7, 11) is 0. The molecular formula is C45H49F2N3O8. The molecule has 1 heterocycles. The van der Waals surface area contributed by atoms with Gasteiger partial charge in [-0.1, -0.05) is 43.3 Å². The highest BCUT2D eigenvalue weighted by molar-refractivity contribution is 6.01. The number of aliphatic hydroxyl groups excluding tert-OH is 1. The van der Waals surface area contributed by atoms with Crippen molar-refractivity contribution in [3.63, 3.8) is 0 Å². The van der Waals surface area contributed by atoms with Gasteiger partial charge in [-0.05, 0) is 96.4 Å². The fourth-order valence-electron chi connectivity index (χ4n) is 10.3. The van der Waals surface area contributed by atoms with Crippen molar-refractivity contribution in [1.82, 2.24) is 4.98 Å². The average Bonchev–Trinajstić information content (AvgIpc) is 3.55. The number of nitrogens with one attached hydrogen (secondary N) is 1. The van der Waals surface area contributed by atoms with Crippen LogP contribution in [0.1, 0.15) is 69.4 Å². The topological polar surface area (TPSA) is 175 Å². The lowest BCUT2D eigenvalue weighted by Crippen LogP contribution is -2.68. The Morgan fingerprint density at radius 2 is 1.74 bits per heavy atom. The first kappa shape index (κ1) is 41.0. The molecule has 2 unspecified atom stereocenters. The molecule has 0 radical (unpaired) electrons. The van der Waals surface area contributed by atoms with Crippen LogP contribution in [-0.2, 0) is 39.9 Å². The van der Waals surface area contributed by atoms with Crippen LogP contribution in [0.4, 0.5) is 14.5 Å². The van der Waals surface area contributed by atoms with Crippen LogP contribution in [-0.4, -0.2) is 77.2 Å². The van der Waals surface area contributed by atoms with Gasteiger partial charge >= 0.3 is 11.9 Å². The van der Waals surface area contributed by atoms with Gasteiger partial charge in [0.15, 0.2) is 17.2 Å². The number of anilines is 1. The summed E-state index contributed by atoms with van der Waals surface area (Å²) in [6.45, 7) is 2.99. The highest BCUT2D eigenvalue weighted by Gasteiger charge is 2.72. The number of Topliss-reactive ketones (excluding diaryl/α,β-unsaturated/α-hetero) is 1. The lowest BCUT2D eigenvalue weighted by Gasteiger charge is -2.62. The second-order valence-electron chi connectivity index (χ2n) is 16.6. The molecule has 1 amide bonds. The summed E-state index contributed by atoms with van der Waals surface area (Å²) in [4.78, 5) is 67.7. The maximum absolute atomic E-state index is 17.3. The van der Waals surface area contributed by atoms with E-state index in [0.29, 0.717) is 24.9 Å². The van der Waals surface area contributed by atoms with E-state index in [9.17, 15) is 29.1 Å². The summed E-state index contributed by atoms with van der Waals surface area (Å²) in [5, 5.41) is 16.3. The molecule has 11 nitrogen and oxygen atoms in total. The van der Waals surface area contributed by atoms with Gasteiger partial charge in [0.25, 0.3) is 0 Å². The number of nitrogens with two attached hydrogens (primary N) is 1.